The summed E-state index contributed by atoms with van der Waals surface area (Å²) in [5.74, 6) is 3.64. The number of benzene rings is 8. The van der Waals surface area contributed by atoms with Crippen molar-refractivity contribution in [3.8, 4) is 6.07 Å². The van der Waals surface area contributed by atoms with Gasteiger partial charge in [-0.25, -0.2) is 38.7 Å². The average molecular weight is 2020 g/mol. The number of morpholine rings is 1. The van der Waals surface area contributed by atoms with E-state index in [2.05, 4.69) is 433 Å². The van der Waals surface area contributed by atoms with Gasteiger partial charge in [-0.05, 0) is 220 Å². The number of fused-ring (bicyclic) bond motifs is 8. The van der Waals surface area contributed by atoms with Gasteiger partial charge in [0.05, 0.1) is 42.8 Å². The Labute approximate surface area is 892 Å². The molecule has 1 atom stereocenters. The molecule has 6 fully saturated rings. The minimum absolute atomic E-state index is 0.0311. The van der Waals surface area contributed by atoms with Crippen LogP contribution in [-0.4, -0.2) is 167 Å². The van der Waals surface area contributed by atoms with Gasteiger partial charge < -0.3 is 39.0 Å². The van der Waals surface area contributed by atoms with Crippen LogP contribution in [0.3, 0.4) is 0 Å². The van der Waals surface area contributed by atoms with Gasteiger partial charge in [0.25, 0.3) is 5.92 Å². The van der Waals surface area contributed by atoms with E-state index in [4.69, 9.17) is 20.0 Å². The zero-order chi connectivity index (χ0) is 108. The highest BCUT2D eigenvalue weighted by molar-refractivity contribution is 5.94. The van der Waals surface area contributed by atoms with Crippen LogP contribution < -0.4 is 29.4 Å². The Morgan fingerprint density at radius 2 is 0.600 bits per heavy atom. The first-order valence-electron chi connectivity index (χ1n) is 54.6. The second kappa shape index (κ2) is 46.6. The normalized spacial score (nSPS) is 16.4. The lowest BCUT2D eigenvalue weighted by molar-refractivity contribution is 0.0256. The Hall–Kier alpha value is -12.8. The monoisotopic (exact) mass is 2020 g/mol. The molecular formula is C130H165F2N17O. The molecular weight excluding hydrogens is 1850 g/mol. The number of aromatic nitrogens is 9. The fraction of sp³-hybridized carbons (Fsp3) is 0.454. The van der Waals surface area contributed by atoms with Crippen molar-refractivity contribution in [2.24, 2.45) is 13.0 Å². The van der Waals surface area contributed by atoms with E-state index in [-0.39, 0.29) is 62.2 Å². The standard InChI is InChI=1S/C18H25N3.C18H21N3.C18H24N2.C17H20F2N2.C17H22N2O.C17H22N2.C13H15N.C12H16N2/c1-18(2,3)16-7-5-6-14-12-17(19-13-15(14)16)21-10-8-20(4)9-11-21;1-18(2,3)16-6-4-5-14-9-17(20-11-15(14)16)21-8-7-13(10-19)12-21;1-18(2,3)16-9-7-8-14-12-17(19-13-15(14)16)20-10-5-4-6-11-20;1-16(2,3)14-6-4-5-12-9-15(20-10-13(12)14)21-8-7-17(18,19)11-21;1-17(2,3)15-6-4-5-13-11-16(18-12-14(13)15)19-7-9-20-10-8-19;1-17(2,3)15-8-6-7-13-11-16(18-12-14(13)15)19-9-4-5-10-19;1-13(2,3)11-8-9-14-12-7-5-4-6-10(11)12;1-12(2,3)10-6-5-7-11-9(10)8-14(4)13-11/h5-7,12-13H,8-11H2,1-4H3;4-6,9,11,13H,7-8,12H2,1-3H3;7-9,12-13H,4-6,10-11H2,1-3H3;4-6,9-10H,7-8,11H2,1-3H3;4-6,11-12H,7-10H2,1-3H3;6-8,11-12H,4-5,9-10H2,1-3H3;4-9H,1-3H3;5-8H,1-4H3. The van der Waals surface area contributed by atoms with E-state index >= 15 is 0 Å². The molecule has 0 radical (unpaired) electrons. The molecule has 150 heavy (non-hydrogen) atoms. The number of aryl methyl sites for hydroxylation is 1. The van der Waals surface area contributed by atoms with Gasteiger partial charge in [0.15, 0.2) is 0 Å². The number of nitriles is 1. The molecule has 8 aromatic heterocycles. The lowest BCUT2D eigenvalue weighted by atomic mass is 9.84. The SMILES string of the molecule is CC(C)(C)c1cccc2cc(N3CCC(C#N)C3)ncc12.CC(C)(C)c1cccc2cc(N3CCC(F)(F)C3)ncc12.CC(C)(C)c1cccc2cc(N3CCCC3)ncc12.CC(C)(C)c1cccc2cc(N3CCCCC3)ncc12.CC(C)(C)c1cccc2cc(N3CCOCC3)ncc12.CC(C)(C)c1ccnc2ccccc12.CN1CCN(c2cc3cccc(C(C)(C)C)c3cn2)CC1.Cn1cc2c(C(C)(C)C)cccc2n1. The number of para-hydroxylation sites is 1. The summed E-state index contributed by atoms with van der Waals surface area (Å²) < 4.78 is 34.0. The van der Waals surface area contributed by atoms with Crippen LogP contribution in [0.1, 0.15) is 256 Å². The molecule has 16 aromatic rings. The Balaban J connectivity index is 0.000000129. The fourth-order valence-corrected chi connectivity index (χ4v) is 21.4. The van der Waals surface area contributed by atoms with Crippen molar-refractivity contribution in [1.29, 1.82) is 5.26 Å². The summed E-state index contributed by atoms with van der Waals surface area (Å²) >= 11 is 0. The highest BCUT2D eigenvalue weighted by Gasteiger charge is 2.39. The molecule has 8 aromatic carbocycles. The van der Waals surface area contributed by atoms with Crippen LogP contribution >= 0.6 is 0 Å². The van der Waals surface area contributed by atoms with E-state index in [1.165, 1.54) is 141 Å². The number of piperidine rings is 1. The molecule has 0 aliphatic carbocycles. The first-order valence-corrected chi connectivity index (χ1v) is 54.6. The first-order chi connectivity index (χ1) is 70.9. The minimum atomic E-state index is -2.59. The van der Waals surface area contributed by atoms with Crippen molar-refractivity contribution in [3.63, 3.8) is 0 Å². The maximum absolute atomic E-state index is 13.3. The number of likely N-dealkylation sites (N-methyl/N-ethyl adjacent to an activating group) is 1. The van der Waals surface area contributed by atoms with Crippen LogP contribution in [0.25, 0.3) is 86.4 Å². The Morgan fingerprint density at radius 1 is 0.300 bits per heavy atom. The fourth-order valence-electron chi connectivity index (χ4n) is 21.4. The maximum Gasteiger partial charge on any atom is 0.266 e. The van der Waals surface area contributed by atoms with Crippen LogP contribution in [-0.2, 0) is 55.1 Å². The topological polar surface area (TPSA) is 164 Å². The number of alkyl halides is 2. The number of piperazine rings is 1. The molecule has 1 unspecified atom stereocenters. The number of anilines is 6. The maximum atomic E-state index is 13.3. The lowest BCUT2D eigenvalue weighted by Gasteiger charge is -2.33. The van der Waals surface area contributed by atoms with E-state index in [1.807, 2.05) is 60.8 Å². The second-order valence-corrected chi connectivity index (χ2v) is 50.1. The Morgan fingerprint density at radius 3 is 0.933 bits per heavy atom. The third-order valence-corrected chi connectivity index (χ3v) is 29.7. The number of rotatable bonds is 6. The predicted octanol–water partition coefficient (Wildman–Crippen LogP) is 30.0. The molecule has 0 bridgehead atoms. The van der Waals surface area contributed by atoms with Crippen LogP contribution in [0.2, 0.25) is 0 Å². The van der Waals surface area contributed by atoms with Gasteiger partial charge in [-0.2, -0.15) is 10.4 Å². The summed E-state index contributed by atoms with van der Waals surface area (Å²) in [6, 6.07) is 71.0. The Bertz CT molecular complexity index is 7230. The van der Waals surface area contributed by atoms with Gasteiger partial charge in [0.2, 0.25) is 0 Å². The van der Waals surface area contributed by atoms with Crippen molar-refractivity contribution in [3.05, 3.63) is 288 Å². The third-order valence-electron chi connectivity index (χ3n) is 29.7. The van der Waals surface area contributed by atoms with E-state index < -0.39 is 5.92 Å². The number of pyridine rings is 7. The summed E-state index contributed by atoms with van der Waals surface area (Å²) in [7, 11) is 4.15. The zero-order valence-electron chi connectivity index (χ0n) is 94.7. The van der Waals surface area contributed by atoms with Gasteiger partial charge in [-0.3, -0.25) is 9.67 Å². The highest BCUT2D eigenvalue weighted by atomic mass is 19.3. The van der Waals surface area contributed by atoms with Gasteiger partial charge in [0, 0.05) is 191 Å². The zero-order valence-corrected chi connectivity index (χ0v) is 94.7. The smallest absolute Gasteiger partial charge is 0.266 e. The van der Waals surface area contributed by atoms with Crippen molar-refractivity contribution >= 4 is 121 Å². The number of halogens is 2. The van der Waals surface area contributed by atoms with Crippen LogP contribution in [0.4, 0.5) is 43.7 Å². The quantitative estimate of drug-likeness (QED) is 0.154. The predicted molar refractivity (Wildman–Crippen MR) is 630 cm³/mol. The molecule has 6 saturated heterocycles. The number of ether oxygens (including phenoxy) is 1. The summed E-state index contributed by atoms with van der Waals surface area (Å²) in [5.41, 5.74) is 14.1. The van der Waals surface area contributed by atoms with Crippen molar-refractivity contribution < 1.29 is 13.5 Å². The lowest BCUT2D eigenvalue weighted by Crippen LogP contribution is -2.44. The summed E-state index contributed by atoms with van der Waals surface area (Å²) in [5, 5.41) is 30.9. The Kier molecular flexibility index (Phi) is 34.5. The average Bonchev–Trinajstić information content (AvgIpc) is 1.46. The van der Waals surface area contributed by atoms with Gasteiger partial charge in [-0.1, -0.05) is 306 Å². The first kappa shape index (κ1) is 111. The van der Waals surface area contributed by atoms with Crippen LogP contribution in [0.15, 0.2) is 244 Å². The van der Waals surface area contributed by atoms with E-state index in [0.29, 0.717) is 12.4 Å². The van der Waals surface area contributed by atoms with Crippen molar-refractivity contribution in [2.75, 3.05) is 141 Å². The molecule has 0 amide bonds. The molecule has 790 valence electrons. The molecule has 6 aliphatic heterocycles. The van der Waals surface area contributed by atoms with Crippen LogP contribution in [0, 0.1) is 17.2 Å². The summed E-state index contributed by atoms with van der Waals surface area (Å²) in [6.07, 6.45) is 23.4. The molecule has 18 nitrogen and oxygen atoms in total. The molecule has 0 spiro atoms. The van der Waals surface area contributed by atoms with E-state index in [1.54, 1.807) is 4.90 Å². The molecule has 0 N–H and O–H groups in total. The molecule has 20 heteroatoms. The van der Waals surface area contributed by atoms with Gasteiger partial charge in [-0.15, -0.1) is 0 Å². The largest absolute Gasteiger partial charge is 0.378 e. The van der Waals surface area contributed by atoms with E-state index in [9.17, 15) is 8.78 Å². The summed E-state index contributed by atoms with van der Waals surface area (Å²) in [6.45, 7) is 67.9. The minimum Gasteiger partial charge on any atom is -0.378 e. The highest BCUT2D eigenvalue weighted by Crippen LogP contribution is 2.42. The molecule has 14 heterocycles. The van der Waals surface area contributed by atoms with E-state index in [0.717, 1.165) is 149 Å². The number of hydrogen-bond donors (Lipinski definition) is 0. The van der Waals surface area contributed by atoms with Crippen LogP contribution in [0.5, 0.6) is 0 Å². The van der Waals surface area contributed by atoms with Gasteiger partial charge in [0.1, 0.15) is 34.9 Å². The second-order valence-electron chi connectivity index (χ2n) is 50.1. The molecule has 22 rings (SSSR count). The molecule has 6 aliphatic rings. The van der Waals surface area contributed by atoms with Crippen molar-refractivity contribution in [2.45, 2.75) is 260 Å². The third kappa shape index (κ3) is 27.9. The number of nitrogens with zero attached hydrogens (tertiary/aromatic N) is 17. The summed E-state index contributed by atoms with van der Waals surface area (Å²) in [4.78, 5) is 48.0. The van der Waals surface area contributed by atoms with Gasteiger partial charge >= 0.3 is 0 Å². The molecule has 0 saturated carbocycles. The van der Waals surface area contributed by atoms with Crippen molar-refractivity contribution in [1.82, 2.24) is 49.6 Å². The number of hydrogen-bond acceptors (Lipinski definition) is 17.